The summed E-state index contributed by atoms with van der Waals surface area (Å²) in [5.74, 6) is -1.37. The number of benzene rings is 2. The predicted molar refractivity (Wildman–Crippen MR) is 139 cm³/mol. The summed E-state index contributed by atoms with van der Waals surface area (Å²) in [7, 11) is 0. The van der Waals surface area contributed by atoms with Crippen molar-refractivity contribution < 1.29 is 40.3 Å². The number of aryl methyl sites for hydroxylation is 1. The van der Waals surface area contributed by atoms with Gasteiger partial charge in [-0.15, -0.1) is 0 Å². The van der Waals surface area contributed by atoms with Crippen LogP contribution in [0.3, 0.4) is 0 Å². The van der Waals surface area contributed by atoms with Gasteiger partial charge in [-0.2, -0.15) is 26.3 Å². The average molecular weight is 588 g/mol. The molecule has 2 aliphatic heterocycles. The Hall–Kier alpha value is -2.96. The maximum Gasteiger partial charge on any atom is 0.416 e. The summed E-state index contributed by atoms with van der Waals surface area (Å²) in [6.07, 6.45) is -5.92. The molecule has 0 radical (unpaired) electrons. The second-order valence-electron chi connectivity index (χ2n) is 10.4. The summed E-state index contributed by atoms with van der Waals surface area (Å²) in [4.78, 5) is 19.1. The van der Waals surface area contributed by atoms with Crippen LogP contribution in [0.15, 0.2) is 48.6 Å². The van der Waals surface area contributed by atoms with Crippen molar-refractivity contribution in [1.29, 1.82) is 0 Å². The molecular formula is C29H32F7N3O2. The van der Waals surface area contributed by atoms with Gasteiger partial charge < -0.3 is 9.64 Å². The van der Waals surface area contributed by atoms with E-state index in [-0.39, 0.29) is 19.0 Å². The molecule has 1 unspecified atom stereocenters. The quantitative estimate of drug-likeness (QED) is 0.320. The van der Waals surface area contributed by atoms with Crippen molar-refractivity contribution in [3.05, 3.63) is 82.2 Å². The first kappa shape index (κ1) is 31.0. The molecule has 0 bridgehead atoms. The second-order valence-corrected chi connectivity index (χ2v) is 10.4. The van der Waals surface area contributed by atoms with E-state index in [4.69, 9.17) is 4.74 Å². The van der Waals surface area contributed by atoms with Crippen molar-refractivity contribution in [2.75, 3.05) is 59.0 Å². The largest absolute Gasteiger partial charge is 0.416 e. The Labute approximate surface area is 234 Å². The standard InChI is InChI=1S/C29H32F7N3O2/c1-20-4-5-21(15-26(20)30)14-25-19-38(7-3-2-6-37-10-12-41-13-11-37)8-9-39(25)27(40)22-16-23(28(31,32)33)18-24(17-22)29(34,35)36/h2-5,15-18,25H,6-14,19H2,1H3/b3-2+. The molecule has 2 aliphatic rings. The van der Waals surface area contributed by atoms with Gasteiger partial charge in [0.2, 0.25) is 0 Å². The van der Waals surface area contributed by atoms with E-state index in [9.17, 15) is 35.5 Å². The van der Waals surface area contributed by atoms with Crippen LogP contribution >= 0.6 is 0 Å². The van der Waals surface area contributed by atoms with Gasteiger partial charge in [0.05, 0.1) is 24.3 Å². The lowest BCUT2D eigenvalue weighted by Crippen LogP contribution is -2.56. The number of morpholine rings is 1. The summed E-state index contributed by atoms with van der Waals surface area (Å²) < 4.78 is 100. The SMILES string of the molecule is Cc1ccc(CC2CN(C/C=C/CN3CCOCC3)CCN2C(=O)c2cc(C(F)(F)F)cc(C(F)(F)F)c2)cc1F. The minimum atomic E-state index is -5.07. The van der Waals surface area contributed by atoms with Crippen LogP contribution in [0, 0.1) is 12.7 Å². The smallest absolute Gasteiger partial charge is 0.379 e. The zero-order valence-electron chi connectivity index (χ0n) is 22.6. The van der Waals surface area contributed by atoms with E-state index in [1.165, 1.54) is 11.0 Å². The molecule has 0 saturated carbocycles. The van der Waals surface area contributed by atoms with Crippen molar-refractivity contribution in [3.8, 4) is 0 Å². The Balaban J connectivity index is 1.55. The van der Waals surface area contributed by atoms with Gasteiger partial charge in [0.15, 0.2) is 0 Å². The average Bonchev–Trinajstić information content (AvgIpc) is 2.92. The lowest BCUT2D eigenvalue weighted by atomic mass is 9.98. The molecule has 0 spiro atoms. The second kappa shape index (κ2) is 12.9. The van der Waals surface area contributed by atoms with Crippen LogP contribution in [0.4, 0.5) is 30.7 Å². The number of hydrogen-bond acceptors (Lipinski definition) is 4. The van der Waals surface area contributed by atoms with E-state index in [1.807, 2.05) is 12.2 Å². The number of ether oxygens (including phenoxy) is 1. The topological polar surface area (TPSA) is 36.0 Å². The molecular weight excluding hydrogens is 555 g/mol. The van der Waals surface area contributed by atoms with Gasteiger partial charge in [0.1, 0.15) is 5.82 Å². The maximum absolute atomic E-state index is 14.3. The highest BCUT2D eigenvalue weighted by Gasteiger charge is 2.39. The van der Waals surface area contributed by atoms with Crippen LogP contribution < -0.4 is 0 Å². The molecule has 0 N–H and O–H groups in total. The number of amides is 1. The van der Waals surface area contributed by atoms with E-state index < -0.39 is 46.8 Å². The molecule has 2 aromatic carbocycles. The summed E-state index contributed by atoms with van der Waals surface area (Å²) in [6.45, 7) is 6.73. The predicted octanol–water partition coefficient (Wildman–Crippen LogP) is 5.43. The van der Waals surface area contributed by atoms with Crippen molar-refractivity contribution in [2.24, 2.45) is 0 Å². The van der Waals surface area contributed by atoms with Gasteiger partial charge in [-0.1, -0.05) is 24.3 Å². The minimum Gasteiger partial charge on any atom is -0.379 e. The van der Waals surface area contributed by atoms with Crippen LogP contribution in [0.2, 0.25) is 0 Å². The molecule has 1 amide bonds. The Kier molecular flexibility index (Phi) is 9.76. The Morgan fingerprint density at radius 2 is 1.49 bits per heavy atom. The third-order valence-corrected chi connectivity index (χ3v) is 7.37. The lowest BCUT2D eigenvalue weighted by molar-refractivity contribution is -0.143. The Morgan fingerprint density at radius 3 is 2.07 bits per heavy atom. The fraction of sp³-hybridized carbons (Fsp3) is 0.483. The first-order valence-electron chi connectivity index (χ1n) is 13.3. The molecule has 41 heavy (non-hydrogen) atoms. The van der Waals surface area contributed by atoms with Crippen molar-refractivity contribution in [2.45, 2.75) is 31.7 Å². The van der Waals surface area contributed by atoms with Crippen molar-refractivity contribution in [1.82, 2.24) is 14.7 Å². The molecule has 224 valence electrons. The summed E-state index contributed by atoms with van der Waals surface area (Å²) in [5, 5.41) is 0. The van der Waals surface area contributed by atoms with Gasteiger partial charge in [-0.3, -0.25) is 14.6 Å². The number of nitrogens with zero attached hydrogens (tertiary/aromatic N) is 3. The molecule has 0 aromatic heterocycles. The van der Waals surface area contributed by atoms with E-state index in [0.717, 1.165) is 19.6 Å². The van der Waals surface area contributed by atoms with Gasteiger partial charge in [-0.25, -0.2) is 4.39 Å². The molecule has 2 saturated heterocycles. The number of alkyl halides is 6. The molecule has 2 heterocycles. The molecule has 1 atom stereocenters. The third-order valence-electron chi connectivity index (χ3n) is 7.37. The first-order chi connectivity index (χ1) is 19.3. The Bertz CT molecular complexity index is 1210. The summed E-state index contributed by atoms with van der Waals surface area (Å²) >= 11 is 0. The normalized spacial score (nSPS) is 19.7. The minimum absolute atomic E-state index is 0.00450. The van der Waals surface area contributed by atoms with E-state index in [1.54, 1.807) is 19.1 Å². The van der Waals surface area contributed by atoms with Crippen LogP contribution in [-0.2, 0) is 23.5 Å². The van der Waals surface area contributed by atoms with Gasteiger partial charge in [-0.05, 0) is 48.7 Å². The fourth-order valence-corrected chi connectivity index (χ4v) is 5.04. The molecule has 0 aliphatic carbocycles. The van der Waals surface area contributed by atoms with Crippen LogP contribution in [0.5, 0.6) is 0 Å². The Morgan fingerprint density at radius 1 is 0.878 bits per heavy atom. The number of hydrogen-bond donors (Lipinski definition) is 0. The molecule has 2 fully saturated rings. The van der Waals surface area contributed by atoms with Gasteiger partial charge in [0.25, 0.3) is 5.91 Å². The fourth-order valence-electron chi connectivity index (χ4n) is 5.04. The van der Waals surface area contributed by atoms with E-state index in [2.05, 4.69) is 9.80 Å². The highest BCUT2D eigenvalue weighted by atomic mass is 19.4. The number of carbonyl (C=O) groups excluding carboxylic acids is 1. The van der Waals surface area contributed by atoms with Crippen molar-refractivity contribution in [3.63, 3.8) is 0 Å². The highest BCUT2D eigenvalue weighted by molar-refractivity contribution is 5.95. The highest BCUT2D eigenvalue weighted by Crippen LogP contribution is 2.37. The zero-order valence-corrected chi connectivity index (χ0v) is 22.6. The maximum atomic E-state index is 14.3. The van der Waals surface area contributed by atoms with Gasteiger partial charge >= 0.3 is 12.4 Å². The number of halogens is 7. The third kappa shape index (κ3) is 8.30. The lowest BCUT2D eigenvalue weighted by Gasteiger charge is -2.41. The first-order valence-corrected chi connectivity index (χ1v) is 13.3. The number of piperazine rings is 1. The number of rotatable bonds is 7. The van der Waals surface area contributed by atoms with E-state index >= 15 is 0 Å². The summed E-state index contributed by atoms with van der Waals surface area (Å²) in [5.41, 5.74) is -2.78. The van der Waals surface area contributed by atoms with Crippen LogP contribution in [0.25, 0.3) is 0 Å². The number of carbonyl (C=O) groups is 1. The summed E-state index contributed by atoms with van der Waals surface area (Å²) in [6, 6.07) is 4.95. The van der Waals surface area contributed by atoms with Crippen LogP contribution in [0.1, 0.15) is 32.6 Å². The van der Waals surface area contributed by atoms with Crippen molar-refractivity contribution >= 4 is 5.91 Å². The molecule has 5 nitrogen and oxygen atoms in total. The molecule has 12 heteroatoms. The molecule has 4 rings (SSSR count). The van der Waals surface area contributed by atoms with Crippen LogP contribution in [-0.4, -0.2) is 85.7 Å². The van der Waals surface area contributed by atoms with E-state index in [0.29, 0.717) is 56.1 Å². The zero-order chi connectivity index (χ0) is 29.8. The van der Waals surface area contributed by atoms with Gasteiger partial charge in [0, 0.05) is 57.4 Å². The monoisotopic (exact) mass is 587 g/mol. The molecule has 2 aromatic rings.